The van der Waals surface area contributed by atoms with Crippen molar-refractivity contribution in [3.05, 3.63) is 6.92 Å². The van der Waals surface area contributed by atoms with Crippen LogP contribution in [0.4, 0.5) is 0 Å². The Morgan fingerprint density at radius 1 is 1.05 bits per heavy atom. The Kier molecular flexibility index (Phi) is 26.1. The number of unbranched alkanes of at least 4 members (excludes halogenated alkanes) is 4. The first-order valence-corrected chi connectivity index (χ1v) is 7.37. The van der Waals surface area contributed by atoms with E-state index in [0.29, 0.717) is 11.3 Å². The van der Waals surface area contributed by atoms with Gasteiger partial charge in [0, 0.05) is 0 Å². The molecule has 0 amide bonds. The maximum Gasteiger partial charge on any atom is 1.00 e. The molecule has 0 radical (unpaired) electrons. The van der Waals surface area contributed by atoms with Crippen LogP contribution >= 0.6 is 0 Å². The zero-order chi connectivity index (χ0) is 16.2. The van der Waals surface area contributed by atoms with Crippen molar-refractivity contribution < 1.29 is 91.5 Å². The van der Waals surface area contributed by atoms with Gasteiger partial charge in [-0.2, -0.15) is 5.92 Å². The molecule has 0 aliphatic rings. The summed E-state index contributed by atoms with van der Waals surface area (Å²) in [5.41, 5.74) is 0.394. The second-order valence-corrected chi connectivity index (χ2v) is 6.23. The zero-order valence-electron chi connectivity index (χ0n) is 16.4. The quantitative estimate of drug-likeness (QED) is 0.245. The molecular formula is C16H32KLiO4. The minimum atomic E-state index is -1.31. The van der Waals surface area contributed by atoms with Gasteiger partial charge >= 0.3 is 82.2 Å². The van der Waals surface area contributed by atoms with Crippen LogP contribution in [0.5, 0.6) is 0 Å². The summed E-state index contributed by atoms with van der Waals surface area (Å²) in [4.78, 5) is 18.9. The molecule has 0 aromatic heterocycles. The van der Waals surface area contributed by atoms with Crippen molar-refractivity contribution in [2.24, 2.45) is 11.3 Å². The number of carboxylic acids is 2. The average molecular weight is 334 g/mol. The number of rotatable bonds is 8. The van der Waals surface area contributed by atoms with Crippen LogP contribution in [0.15, 0.2) is 0 Å². The van der Waals surface area contributed by atoms with Crippen molar-refractivity contribution in [3.63, 3.8) is 0 Å². The van der Waals surface area contributed by atoms with E-state index >= 15 is 0 Å². The van der Waals surface area contributed by atoms with Gasteiger partial charge in [0.15, 0.2) is 0 Å². The van der Waals surface area contributed by atoms with Crippen LogP contribution in [0.3, 0.4) is 0 Å². The molecule has 22 heavy (non-hydrogen) atoms. The van der Waals surface area contributed by atoms with Crippen molar-refractivity contribution in [2.45, 2.75) is 72.6 Å². The fraction of sp³-hybridized carbons (Fsp3) is 0.812. The molecule has 0 rings (SSSR count). The first-order chi connectivity index (χ1) is 9.11. The van der Waals surface area contributed by atoms with E-state index in [-0.39, 0.29) is 71.7 Å². The third kappa shape index (κ3) is 26.1. The summed E-state index contributed by atoms with van der Waals surface area (Å²) in [5, 5.41) is 15.4. The Balaban J connectivity index is -0.0000000945. The largest absolute Gasteiger partial charge is 1.00 e. The van der Waals surface area contributed by atoms with Crippen LogP contribution in [0, 0.1) is 18.3 Å². The minimum Gasteiger partial charge on any atom is -1.00 e. The fourth-order valence-electron chi connectivity index (χ4n) is 1.56. The smallest absolute Gasteiger partial charge is 1.00 e. The van der Waals surface area contributed by atoms with Gasteiger partial charge in [-0.3, -0.25) is 9.59 Å². The Morgan fingerprint density at radius 2 is 1.45 bits per heavy atom. The third-order valence-electron chi connectivity index (χ3n) is 3.18. The van der Waals surface area contributed by atoms with Gasteiger partial charge in [-0.1, -0.05) is 71.6 Å². The summed E-state index contributed by atoms with van der Waals surface area (Å²) in [6, 6.07) is 0. The van der Waals surface area contributed by atoms with E-state index in [1.165, 1.54) is 38.5 Å². The Bertz CT molecular complexity index is 272. The molecular weight excluding hydrogens is 302 g/mol. The summed E-state index contributed by atoms with van der Waals surface area (Å²) in [6.07, 6.45) is 7.41. The summed E-state index contributed by atoms with van der Waals surface area (Å²) in [7, 11) is 0. The number of aliphatic carboxylic acids is 2. The summed E-state index contributed by atoms with van der Waals surface area (Å²) in [5.74, 6) is -2.01. The van der Waals surface area contributed by atoms with E-state index in [9.17, 15) is 9.59 Å². The number of hydrogen-bond acceptors (Lipinski definition) is 2. The average Bonchev–Trinajstić information content (AvgIpc) is 2.26. The molecule has 1 atom stereocenters. The van der Waals surface area contributed by atoms with Gasteiger partial charge in [-0.05, 0) is 0 Å². The van der Waals surface area contributed by atoms with Crippen LogP contribution in [-0.4, -0.2) is 22.2 Å². The molecule has 1 unspecified atom stereocenters. The first-order valence-electron chi connectivity index (χ1n) is 7.37. The molecule has 0 bridgehead atoms. The first kappa shape index (κ1) is 31.0. The molecule has 4 nitrogen and oxygen atoms in total. The molecule has 0 saturated carbocycles. The summed E-state index contributed by atoms with van der Waals surface area (Å²) in [6.45, 7) is 13.4. The van der Waals surface area contributed by atoms with E-state index < -0.39 is 18.4 Å². The van der Waals surface area contributed by atoms with Crippen LogP contribution in [0.1, 0.15) is 74.1 Å². The van der Waals surface area contributed by atoms with Gasteiger partial charge in [-0.25, -0.2) is 0 Å². The van der Waals surface area contributed by atoms with E-state index in [2.05, 4.69) is 34.6 Å². The fourth-order valence-corrected chi connectivity index (χ4v) is 1.56. The van der Waals surface area contributed by atoms with Crippen LogP contribution in [0.2, 0.25) is 0 Å². The predicted octanol–water partition coefficient (Wildman–Crippen LogP) is -1.49. The molecule has 0 aromatic rings. The summed E-state index contributed by atoms with van der Waals surface area (Å²) < 4.78 is 0. The standard InChI is InChI=1S/C13H27.C3H4O4.K.Li.H/c1-6-7-8-9-10-11-12(2)13(3,4)5;4-2(5)1-3(6)7;;;/h12H,2,6-11H2,1,3-5H3;1H2,(H,4,5)(H,6,7);;;/q-1;;2*+1;-1. The van der Waals surface area contributed by atoms with Crippen LogP contribution < -0.4 is 70.2 Å². The van der Waals surface area contributed by atoms with Crippen molar-refractivity contribution >= 4 is 11.9 Å². The van der Waals surface area contributed by atoms with Gasteiger partial charge in [0.2, 0.25) is 0 Å². The van der Waals surface area contributed by atoms with Gasteiger partial charge in [0.1, 0.15) is 6.42 Å². The molecule has 0 saturated heterocycles. The van der Waals surface area contributed by atoms with Gasteiger partial charge < -0.3 is 18.6 Å². The van der Waals surface area contributed by atoms with Gasteiger partial charge in [0.25, 0.3) is 0 Å². The van der Waals surface area contributed by atoms with Crippen LogP contribution in [0.25, 0.3) is 0 Å². The Labute approximate surface area is 192 Å². The molecule has 0 heterocycles. The molecule has 0 aromatic carbocycles. The molecule has 0 fully saturated rings. The monoisotopic (exact) mass is 334 g/mol. The number of hydrogen-bond donors (Lipinski definition) is 2. The van der Waals surface area contributed by atoms with E-state index in [4.69, 9.17) is 10.2 Å². The van der Waals surface area contributed by atoms with E-state index in [0.717, 1.165) is 0 Å². The number of carbonyl (C=O) groups is 2. The maximum absolute atomic E-state index is 9.43. The molecule has 6 heteroatoms. The molecule has 122 valence electrons. The molecule has 0 aliphatic carbocycles. The van der Waals surface area contributed by atoms with Crippen molar-refractivity contribution in [3.8, 4) is 0 Å². The van der Waals surface area contributed by atoms with E-state index in [1.807, 2.05) is 0 Å². The zero-order valence-corrected chi connectivity index (χ0v) is 18.6. The molecule has 2 N–H and O–H groups in total. The second-order valence-electron chi connectivity index (χ2n) is 6.23. The summed E-state index contributed by atoms with van der Waals surface area (Å²) >= 11 is 0. The SMILES string of the molecule is O=C(O)CC(=O)O.[CH2-]C(CCCCCCC)C(C)(C)C.[H-].[K+].[Li+]. The third-order valence-corrected chi connectivity index (χ3v) is 3.18. The predicted molar refractivity (Wildman–Crippen MR) is 82.7 cm³/mol. The van der Waals surface area contributed by atoms with Gasteiger partial charge in [0.05, 0.1) is 0 Å². The molecule has 0 aliphatic heterocycles. The van der Waals surface area contributed by atoms with Gasteiger partial charge in [-0.15, -0.1) is 0 Å². The topological polar surface area (TPSA) is 74.6 Å². The molecule has 0 spiro atoms. The van der Waals surface area contributed by atoms with Crippen molar-refractivity contribution in [1.82, 2.24) is 0 Å². The second kappa shape index (κ2) is 18.5. The number of carboxylic acid groups (broad SMARTS) is 2. The van der Waals surface area contributed by atoms with Crippen molar-refractivity contribution in [2.75, 3.05) is 0 Å². The minimum absolute atomic E-state index is 0. The maximum atomic E-state index is 9.43. The van der Waals surface area contributed by atoms with Crippen LogP contribution in [-0.2, 0) is 9.59 Å². The van der Waals surface area contributed by atoms with E-state index in [1.54, 1.807) is 0 Å². The normalized spacial score (nSPS) is 11.1. The Hall–Kier alpha value is 1.17. The van der Waals surface area contributed by atoms with Crippen molar-refractivity contribution in [1.29, 1.82) is 0 Å². The Morgan fingerprint density at radius 3 is 1.73 bits per heavy atom.